The number of halogens is 1. The van der Waals surface area contributed by atoms with Gasteiger partial charge in [0.15, 0.2) is 0 Å². The Hall–Kier alpha value is -2.51. The molecule has 0 aliphatic heterocycles. The van der Waals surface area contributed by atoms with Crippen molar-refractivity contribution in [3.05, 3.63) is 58.6 Å². The van der Waals surface area contributed by atoms with Crippen LogP contribution in [0.2, 0.25) is 5.02 Å². The molecule has 0 radical (unpaired) electrons. The first-order valence-electron chi connectivity index (χ1n) is 6.40. The van der Waals surface area contributed by atoms with Gasteiger partial charge in [0.25, 0.3) is 0 Å². The summed E-state index contributed by atoms with van der Waals surface area (Å²) < 4.78 is 0. The summed E-state index contributed by atoms with van der Waals surface area (Å²) in [6, 6.07) is 14.5. The lowest BCUT2D eigenvalue weighted by Gasteiger charge is -2.11. The van der Waals surface area contributed by atoms with Gasteiger partial charge in [0.05, 0.1) is 17.8 Å². The predicted molar refractivity (Wildman–Crippen MR) is 84.5 cm³/mol. The van der Waals surface area contributed by atoms with Crippen LogP contribution in [-0.2, 0) is 4.79 Å². The van der Waals surface area contributed by atoms with Crippen LogP contribution < -0.4 is 10.6 Å². The van der Waals surface area contributed by atoms with E-state index in [0.29, 0.717) is 22.0 Å². The van der Waals surface area contributed by atoms with Gasteiger partial charge in [0.2, 0.25) is 5.91 Å². The fourth-order valence-electron chi connectivity index (χ4n) is 1.85. The second-order valence-corrected chi connectivity index (χ2v) is 4.88. The molecule has 0 aliphatic rings. The number of hydrogen-bond acceptors (Lipinski definition) is 3. The van der Waals surface area contributed by atoms with Gasteiger partial charge in [-0.3, -0.25) is 4.79 Å². The lowest BCUT2D eigenvalue weighted by Crippen LogP contribution is -2.22. The monoisotopic (exact) mass is 299 g/mol. The Balaban J connectivity index is 2.00. The molecular formula is C16H14ClN3O. The summed E-state index contributed by atoms with van der Waals surface area (Å²) in [4.78, 5) is 11.9. The fraction of sp³-hybridized carbons (Fsp3) is 0.125. The quantitative estimate of drug-likeness (QED) is 0.907. The molecule has 2 rings (SSSR count). The molecule has 21 heavy (non-hydrogen) atoms. The number of carbonyl (C=O) groups is 1. The van der Waals surface area contributed by atoms with Gasteiger partial charge in [-0.15, -0.1) is 0 Å². The maximum Gasteiger partial charge on any atom is 0.243 e. The number of hydrogen-bond donors (Lipinski definition) is 2. The van der Waals surface area contributed by atoms with Gasteiger partial charge in [0.1, 0.15) is 6.07 Å². The summed E-state index contributed by atoms with van der Waals surface area (Å²) in [6.45, 7) is 1.92. The highest BCUT2D eigenvalue weighted by Crippen LogP contribution is 2.22. The van der Waals surface area contributed by atoms with E-state index in [0.717, 1.165) is 5.56 Å². The molecule has 0 heterocycles. The van der Waals surface area contributed by atoms with Gasteiger partial charge in [-0.1, -0.05) is 29.8 Å². The van der Waals surface area contributed by atoms with Crippen LogP contribution in [0.1, 0.15) is 11.1 Å². The van der Waals surface area contributed by atoms with Crippen molar-refractivity contribution in [3.8, 4) is 6.07 Å². The van der Waals surface area contributed by atoms with Crippen molar-refractivity contribution in [2.24, 2.45) is 0 Å². The van der Waals surface area contributed by atoms with E-state index in [4.69, 9.17) is 16.9 Å². The molecule has 4 nitrogen and oxygen atoms in total. The molecule has 0 unspecified atom stereocenters. The Morgan fingerprint density at radius 2 is 1.90 bits per heavy atom. The topological polar surface area (TPSA) is 64.9 Å². The van der Waals surface area contributed by atoms with Crippen LogP contribution in [0, 0.1) is 18.3 Å². The average Bonchev–Trinajstić information content (AvgIpc) is 2.50. The lowest BCUT2D eigenvalue weighted by molar-refractivity contribution is -0.114. The summed E-state index contributed by atoms with van der Waals surface area (Å²) >= 11 is 6.01. The highest BCUT2D eigenvalue weighted by molar-refractivity contribution is 6.31. The van der Waals surface area contributed by atoms with Gasteiger partial charge in [-0.05, 0) is 36.8 Å². The zero-order valence-electron chi connectivity index (χ0n) is 11.5. The van der Waals surface area contributed by atoms with E-state index < -0.39 is 0 Å². The third kappa shape index (κ3) is 3.74. The summed E-state index contributed by atoms with van der Waals surface area (Å²) in [5.74, 6) is -0.201. The van der Waals surface area contributed by atoms with Gasteiger partial charge in [-0.25, -0.2) is 0 Å². The second kappa shape index (κ2) is 6.78. The van der Waals surface area contributed by atoms with Crippen LogP contribution in [0.4, 0.5) is 11.4 Å². The molecule has 0 spiro atoms. The van der Waals surface area contributed by atoms with Crippen LogP contribution in [-0.4, -0.2) is 12.5 Å². The molecule has 5 heteroatoms. The molecule has 2 N–H and O–H groups in total. The first-order chi connectivity index (χ1) is 10.1. The summed E-state index contributed by atoms with van der Waals surface area (Å²) in [5, 5.41) is 15.3. The molecule has 2 aromatic rings. The maximum absolute atomic E-state index is 11.9. The van der Waals surface area contributed by atoms with Crippen LogP contribution >= 0.6 is 11.6 Å². The minimum absolute atomic E-state index is 0.0741. The number of para-hydroxylation sites is 1. The normalized spacial score (nSPS) is 9.76. The number of benzene rings is 2. The molecular weight excluding hydrogens is 286 g/mol. The summed E-state index contributed by atoms with van der Waals surface area (Å²) in [6.07, 6.45) is 0. The molecule has 1 amide bonds. The smallest absolute Gasteiger partial charge is 0.243 e. The molecule has 0 saturated carbocycles. The van der Waals surface area contributed by atoms with Crippen molar-refractivity contribution >= 4 is 28.9 Å². The summed E-state index contributed by atoms with van der Waals surface area (Å²) in [7, 11) is 0. The lowest BCUT2D eigenvalue weighted by atomic mass is 10.2. The summed E-state index contributed by atoms with van der Waals surface area (Å²) in [5.41, 5.74) is 2.65. The third-order valence-corrected chi connectivity index (χ3v) is 3.44. The standard InChI is InChI=1S/C16H14ClN3O/c1-11-13(17)6-4-8-14(11)20-16(21)10-19-15-7-3-2-5-12(15)9-18/h2-8,19H,10H2,1H3,(H,20,21). The van der Waals surface area contributed by atoms with Gasteiger partial charge in [-0.2, -0.15) is 5.26 Å². The molecule has 0 saturated heterocycles. The van der Waals surface area contributed by atoms with E-state index in [-0.39, 0.29) is 12.5 Å². The molecule has 0 atom stereocenters. The minimum Gasteiger partial charge on any atom is -0.375 e. The average molecular weight is 300 g/mol. The number of rotatable bonds is 4. The van der Waals surface area contributed by atoms with E-state index in [9.17, 15) is 4.79 Å². The van der Waals surface area contributed by atoms with Gasteiger partial charge >= 0.3 is 0 Å². The van der Waals surface area contributed by atoms with E-state index in [1.165, 1.54) is 0 Å². The molecule has 0 aromatic heterocycles. The predicted octanol–water partition coefficient (Wildman–Crippen LogP) is 3.57. The van der Waals surface area contributed by atoms with E-state index in [1.807, 2.05) is 13.0 Å². The Morgan fingerprint density at radius 1 is 1.19 bits per heavy atom. The van der Waals surface area contributed by atoms with Crippen LogP contribution in [0.25, 0.3) is 0 Å². The van der Waals surface area contributed by atoms with E-state index in [1.54, 1.807) is 36.4 Å². The van der Waals surface area contributed by atoms with Crippen LogP contribution in [0.15, 0.2) is 42.5 Å². The highest BCUT2D eigenvalue weighted by Gasteiger charge is 2.07. The number of carbonyl (C=O) groups excluding carboxylic acids is 1. The fourth-order valence-corrected chi connectivity index (χ4v) is 2.02. The Bertz CT molecular complexity index is 707. The van der Waals surface area contributed by atoms with Crippen LogP contribution in [0.5, 0.6) is 0 Å². The maximum atomic E-state index is 11.9. The SMILES string of the molecule is Cc1c(Cl)cccc1NC(=O)CNc1ccccc1C#N. The molecule has 0 fully saturated rings. The molecule has 0 bridgehead atoms. The van der Waals surface area contributed by atoms with Crippen molar-refractivity contribution in [1.82, 2.24) is 0 Å². The van der Waals surface area contributed by atoms with Crippen molar-refractivity contribution in [1.29, 1.82) is 5.26 Å². The first kappa shape index (κ1) is 14.9. The number of nitrogens with one attached hydrogen (secondary N) is 2. The van der Waals surface area contributed by atoms with E-state index >= 15 is 0 Å². The Kier molecular flexibility index (Phi) is 4.81. The van der Waals surface area contributed by atoms with Crippen molar-refractivity contribution in [2.45, 2.75) is 6.92 Å². The molecule has 0 aliphatic carbocycles. The number of amides is 1. The van der Waals surface area contributed by atoms with E-state index in [2.05, 4.69) is 16.7 Å². The van der Waals surface area contributed by atoms with Gasteiger partial charge in [0, 0.05) is 10.7 Å². The second-order valence-electron chi connectivity index (χ2n) is 4.47. The number of nitrogens with zero attached hydrogens (tertiary/aromatic N) is 1. The minimum atomic E-state index is -0.201. The van der Waals surface area contributed by atoms with Crippen LogP contribution in [0.3, 0.4) is 0 Å². The Labute approximate surface area is 128 Å². The van der Waals surface area contributed by atoms with Gasteiger partial charge < -0.3 is 10.6 Å². The molecule has 2 aromatic carbocycles. The zero-order chi connectivity index (χ0) is 15.2. The first-order valence-corrected chi connectivity index (χ1v) is 6.77. The zero-order valence-corrected chi connectivity index (χ0v) is 12.2. The van der Waals surface area contributed by atoms with Crippen molar-refractivity contribution in [2.75, 3.05) is 17.2 Å². The molecule has 106 valence electrons. The Morgan fingerprint density at radius 3 is 2.67 bits per heavy atom. The number of anilines is 2. The number of nitriles is 1. The van der Waals surface area contributed by atoms with Crippen molar-refractivity contribution < 1.29 is 4.79 Å². The largest absolute Gasteiger partial charge is 0.375 e. The highest BCUT2D eigenvalue weighted by atomic mass is 35.5. The van der Waals surface area contributed by atoms with Crippen molar-refractivity contribution in [3.63, 3.8) is 0 Å². The third-order valence-electron chi connectivity index (χ3n) is 3.03.